The highest BCUT2D eigenvalue weighted by Gasteiger charge is 2.24. The van der Waals surface area contributed by atoms with Crippen LogP contribution >= 0.6 is 11.6 Å². The van der Waals surface area contributed by atoms with Gasteiger partial charge in [0.25, 0.3) is 5.91 Å². The summed E-state index contributed by atoms with van der Waals surface area (Å²) in [5.74, 6) is 0.694. The van der Waals surface area contributed by atoms with Crippen LogP contribution in [-0.2, 0) is 0 Å². The van der Waals surface area contributed by atoms with Gasteiger partial charge >= 0.3 is 0 Å². The number of likely N-dealkylation sites (N-methyl/N-ethyl adjacent to an activating group) is 1. The van der Waals surface area contributed by atoms with Crippen LogP contribution in [0, 0.1) is 0 Å². The molecule has 0 radical (unpaired) electrons. The largest absolute Gasteiger partial charge is 0.372 e. The van der Waals surface area contributed by atoms with E-state index >= 15 is 0 Å². The molecule has 0 aromatic heterocycles. The van der Waals surface area contributed by atoms with E-state index < -0.39 is 0 Å². The van der Waals surface area contributed by atoms with E-state index in [0.717, 1.165) is 43.6 Å². The molecule has 1 atom stereocenters. The van der Waals surface area contributed by atoms with Crippen molar-refractivity contribution in [3.8, 4) is 0 Å². The lowest BCUT2D eigenvalue weighted by atomic mass is 10.1. The van der Waals surface area contributed by atoms with Gasteiger partial charge in [-0.3, -0.25) is 4.79 Å². The Balaban J connectivity index is 0.000000828. The molecule has 2 rings (SSSR count). The number of carbonyl (C=O) groups is 1. The number of alkyl halides is 1. The molecule has 0 saturated carbocycles. The minimum Gasteiger partial charge on any atom is -0.372 e. The van der Waals surface area contributed by atoms with E-state index in [4.69, 9.17) is 11.6 Å². The van der Waals surface area contributed by atoms with Gasteiger partial charge in [0.1, 0.15) is 0 Å². The Morgan fingerprint density at radius 2 is 1.89 bits per heavy atom. The van der Waals surface area contributed by atoms with Crippen molar-refractivity contribution in [3.05, 3.63) is 85.6 Å². The van der Waals surface area contributed by atoms with Crippen molar-refractivity contribution < 1.29 is 4.79 Å². The summed E-state index contributed by atoms with van der Waals surface area (Å²) in [6, 6.07) is 9.97. The number of rotatable bonds is 6. The second kappa shape index (κ2) is 13.0. The lowest BCUT2D eigenvalue weighted by Gasteiger charge is -2.30. The first-order chi connectivity index (χ1) is 13.1. The van der Waals surface area contributed by atoms with Crippen LogP contribution in [0.2, 0.25) is 0 Å². The highest BCUT2D eigenvalue weighted by Crippen LogP contribution is 2.21. The monoisotopic (exact) mass is 386 g/mol. The standard InChI is InChI=1S/C20H26N2O.C3H5Cl/c1-4-10-18(5-2)21(3)19-13-9-15-22(16-14-19)20(23)17-11-7-6-8-12-17;1-2-3-4/h4-8,10-12,19H,1-2,9,13-16H2,3H3;2H,1,3H2/b18-10+;. The molecule has 1 unspecified atom stereocenters. The molecule has 1 aromatic rings. The Morgan fingerprint density at radius 3 is 2.44 bits per heavy atom. The first-order valence-electron chi connectivity index (χ1n) is 9.28. The van der Waals surface area contributed by atoms with E-state index in [-0.39, 0.29) is 5.91 Å². The third kappa shape index (κ3) is 7.48. The number of hydrogen-bond acceptors (Lipinski definition) is 2. The quantitative estimate of drug-likeness (QED) is 0.377. The molecular weight excluding hydrogens is 356 g/mol. The van der Waals surface area contributed by atoms with Gasteiger partial charge in [0.05, 0.1) is 0 Å². The Labute approximate surface area is 169 Å². The maximum atomic E-state index is 12.6. The molecule has 1 saturated heterocycles. The van der Waals surface area contributed by atoms with Crippen LogP contribution in [0.4, 0.5) is 0 Å². The second-order valence-electron chi connectivity index (χ2n) is 6.33. The number of nitrogens with zero attached hydrogens (tertiary/aromatic N) is 2. The molecule has 1 aliphatic rings. The summed E-state index contributed by atoms with van der Waals surface area (Å²) in [7, 11) is 2.09. The fourth-order valence-corrected chi connectivity index (χ4v) is 3.09. The summed E-state index contributed by atoms with van der Waals surface area (Å²) in [5.41, 5.74) is 1.85. The van der Waals surface area contributed by atoms with Gasteiger partial charge in [0.2, 0.25) is 0 Å². The first-order valence-corrected chi connectivity index (χ1v) is 9.81. The highest BCUT2D eigenvalue weighted by molar-refractivity contribution is 6.18. The Hall–Kier alpha value is -2.26. The molecule has 1 aliphatic heterocycles. The van der Waals surface area contributed by atoms with Crippen molar-refractivity contribution in [1.29, 1.82) is 0 Å². The van der Waals surface area contributed by atoms with E-state index in [0.29, 0.717) is 11.9 Å². The number of benzene rings is 1. The van der Waals surface area contributed by atoms with Crippen molar-refractivity contribution in [1.82, 2.24) is 9.80 Å². The van der Waals surface area contributed by atoms with Gasteiger partial charge < -0.3 is 9.80 Å². The van der Waals surface area contributed by atoms with Gasteiger partial charge in [-0.25, -0.2) is 0 Å². The van der Waals surface area contributed by atoms with Gasteiger partial charge in [-0.15, -0.1) is 18.2 Å². The zero-order valence-electron chi connectivity index (χ0n) is 16.3. The van der Waals surface area contributed by atoms with E-state index in [1.807, 2.05) is 47.4 Å². The summed E-state index contributed by atoms with van der Waals surface area (Å²) in [5, 5.41) is 0. The lowest BCUT2D eigenvalue weighted by Crippen LogP contribution is -2.34. The minimum absolute atomic E-state index is 0.138. The van der Waals surface area contributed by atoms with Gasteiger partial charge in [0.15, 0.2) is 0 Å². The Bertz CT molecular complexity index is 639. The van der Waals surface area contributed by atoms with Gasteiger partial charge in [-0.1, -0.05) is 43.5 Å². The van der Waals surface area contributed by atoms with Crippen LogP contribution in [-0.4, -0.2) is 47.8 Å². The molecule has 1 aromatic carbocycles. The van der Waals surface area contributed by atoms with E-state index in [2.05, 4.69) is 31.7 Å². The molecule has 3 nitrogen and oxygen atoms in total. The van der Waals surface area contributed by atoms with Gasteiger partial charge in [-0.05, 0) is 43.5 Å². The van der Waals surface area contributed by atoms with Crippen molar-refractivity contribution in [2.45, 2.75) is 25.3 Å². The van der Waals surface area contributed by atoms with Crippen LogP contribution in [0.5, 0.6) is 0 Å². The van der Waals surface area contributed by atoms with E-state index in [9.17, 15) is 4.79 Å². The summed E-state index contributed by atoms with van der Waals surface area (Å²) in [4.78, 5) is 16.8. The van der Waals surface area contributed by atoms with Crippen LogP contribution < -0.4 is 0 Å². The molecule has 1 heterocycles. The molecule has 27 heavy (non-hydrogen) atoms. The van der Waals surface area contributed by atoms with Crippen LogP contribution in [0.1, 0.15) is 29.6 Å². The summed E-state index contributed by atoms with van der Waals surface area (Å²) >= 11 is 5.07. The highest BCUT2D eigenvalue weighted by atomic mass is 35.5. The second-order valence-corrected chi connectivity index (χ2v) is 6.64. The molecule has 1 amide bonds. The third-order valence-electron chi connectivity index (χ3n) is 4.57. The number of allylic oxidation sites excluding steroid dienone is 4. The van der Waals surface area contributed by atoms with Crippen molar-refractivity contribution in [3.63, 3.8) is 0 Å². The Kier molecular flexibility index (Phi) is 11.0. The zero-order chi connectivity index (χ0) is 20.1. The first kappa shape index (κ1) is 22.8. The average molecular weight is 387 g/mol. The van der Waals surface area contributed by atoms with Crippen LogP contribution in [0.3, 0.4) is 0 Å². The number of carbonyl (C=O) groups excluding carboxylic acids is 1. The summed E-state index contributed by atoms with van der Waals surface area (Å²) in [6.45, 7) is 12.6. The lowest BCUT2D eigenvalue weighted by molar-refractivity contribution is 0.0759. The third-order valence-corrected chi connectivity index (χ3v) is 4.79. The number of amides is 1. The van der Waals surface area contributed by atoms with Crippen LogP contribution in [0.25, 0.3) is 0 Å². The molecular formula is C23H31ClN2O. The molecule has 0 aliphatic carbocycles. The van der Waals surface area contributed by atoms with E-state index in [1.165, 1.54) is 0 Å². The number of halogens is 1. The van der Waals surface area contributed by atoms with Gasteiger partial charge in [0, 0.05) is 43.3 Å². The zero-order valence-corrected chi connectivity index (χ0v) is 17.1. The normalized spacial score (nSPS) is 17.0. The maximum Gasteiger partial charge on any atom is 0.253 e. The smallest absolute Gasteiger partial charge is 0.253 e. The summed E-state index contributed by atoms with van der Waals surface area (Å²) in [6.07, 6.45) is 10.3. The van der Waals surface area contributed by atoms with Gasteiger partial charge in [-0.2, -0.15) is 0 Å². The molecule has 0 spiro atoms. The predicted octanol–water partition coefficient (Wildman–Crippen LogP) is 5.28. The van der Waals surface area contributed by atoms with E-state index in [1.54, 1.807) is 12.2 Å². The summed E-state index contributed by atoms with van der Waals surface area (Å²) < 4.78 is 0. The SMILES string of the molecule is C=C/C=C(\C=C)N(C)C1CCCN(C(=O)c2ccccc2)CC1.C=CCCl. The number of likely N-dealkylation sites (tertiary alicyclic amines) is 1. The van der Waals surface area contributed by atoms with Crippen molar-refractivity contribution >= 4 is 17.5 Å². The van der Waals surface area contributed by atoms with Crippen LogP contribution in [0.15, 0.2) is 80.1 Å². The van der Waals surface area contributed by atoms with Crippen molar-refractivity contribution in [2.75, 3.05) is 26.0 Å². The average Bonchev–Trinajstić information content (AvgIpc) is 2.98. The number of hydrogen-bond donors (Lipinski definition) is 0. The predicted molar refractivity (Wildman–Crippen MR) is 117 cm³/mol. The fourth-order valence-electron chi connectivity index (χ4n) is 3.09. The molecule has 4 heteroatoms. The molecule has 0 bridgehead atoms. The molecule has 0 N–H and O–H groups in total. The van der Waals surface area contributed by atoms with Crippen molar-refractivity contribution in [2.24, 2.45) is 0 Å². The Morgan fingerprint density at radius 1 is 1.22 bits per heavy atom. The fraction of sp³-hybridized carbons (Fsp3) is 0.348. The molecule has 146 valence electrons. The molecule has 1 fully saturated rings. The maximum absolute atomic E-state index is 12.6. The topological polar surface area (TPSA) is 23.6 Å². The minimum atomic E-state index is 0.138.